The van der Waals surface area contributed by atoms with Crippen LogP contribution in [0.2, 0.25) is 0 Å². The standard InChI is InChI=1S/C62H33N9/c63-34-38-11-9-13-40(27-38)53-33-54(68-62(67-53)41-14-10-12-39(28-41)35-64)61-42(36-65)29-46(30-43(61)37-66)71-59-25-23-44(69-55-19-5-1-15-47(55)48-16-2-6-20-56(48)69)31-51(59)52-32-45(24-26-60(52)71)70-57-21-7-3-17-49(57)50-18-4-8-22-58(50)70/h1-33H. The number of benzene rings is 9. The quantitative estimate of drug-likeness (QED) is 0.163. The summed E-state index contributed by atoms with van der Waals surface area (Å²) in [6.07, 6.45) is 0. The number of aromatic nitrogens is 5. The average Bonchev–Trinajstić information content (AvgIpc) is 4.07. The molecule has 0 aliphatic rings. The summed E-state index contributed by atoms with van der Waals surface area (Å²) < 4.78 is 6.77. The zero-order chi connectivity index (χ0) is 47.7. The van der Waals surface area contributed by atoms with Gasteiger partial charge in [-0.05, 0) is 103 Å². The highest BCUT2D eigenvalue weighted by molar-refractivity contribution is 6.14. The fraction of sp³-hybridized carbons (Fsp3) is 0. The summed E-state index contributed by atoms with van der Waals surface area (Å²) in [7, 11) is 0. The first-order valence-corrected chi connectivity index (χ1v) is 23.0. The second-order valence-electron chi connectivity index (χ2n) is 17.5. The smallest absolute Gasteiger partial charge is 0.160 e. The van der Waals surface area contributed by atoms with Gasteiger partial charge in [0, 0.05) is 66.1 Å². The van der Waals surface area contributed by atoms with E-state index < -0.39 is 0 Å². The lowest BCUT2D eigenvalue weighted by Crippen LogP contribution is -2.02. The van der Waals surface area contributed by atoms with Gasteiger partial charge in [0.05, 0.1) is 91.0 Å². The van der Waals surface area contributed by atoms with Crippen LogP contribution < -0.4 is 0 Å². The molecule has 0 saturated heterocycles. The van der Waals surface area contributed by atoms with Crippen molar-refractivity contribution >= 4 is 65.4 Å². The van der Waals surface area contributed by atoms with Gasteiger partial charge in [0.2, 0.25) is 0 Å². The van der Waals surface area contributed by atoms with Gasteiger partial charge in [0.25, 0.3) is 0 Å². The van der Waals surface area contributed by atoms with E-state index in [1.165, 1.54) is 21.5 Å². The lowest BCUT2D eigenvalue weighted by molar-refractivity contribution is 1.15. The molecule has 0 N–H and O–H groups in total. The molecule has 0 aliphatic heterocycles. The Hall–Kier alpha value is -10.6. The molecule has 9 aromatic carbocycles. The van der Waals surface area contributed by atoms with E-state index in [9.17, 15) is 21.0 Å². The molecular weight excluding hydrogens is 871 g/mol. The van der Waals surface area contributed by atoms with E-state index in [-0.39, 0.29) is 11.1 Å². The molecule has 326 valence electrons. The highest BCUT2D eigenvalue weighted by Crippen LogP contribution is 2.41. The molecule has 0 fully saturated rings. The highest BCUT2D eigenvalue weighted by Gasteiger charge is 2.23. The molecule has 9 nitrogen and oxygen atoms in total. The summed E-state index contributed by atoms with van der Waals surface area (Å²) in [6.45, 7) is 0. The average molecular weight is 904 g/mol. The van der Waals surface area contributed by atoms with E-state index >= 15 is 0 Å². The van der Waals surface area contributed by atoms with Gasteiger partial charge in [-0.15, -0.1) is 0 Å². The fourth-order valence-electron chi connectivity index (χ4n) is 10.5. The van der Waals surface area contributed by atoms with Crippen LogP contribution in [-0.2, 0) is 0 Å². The van der Waals surface area contributed by atoms with Crippen molar-refractivity contribution in [2.24, 2.45) is 0 Å². The van der Waals surface area contributed by atoms with E-state index in [1.54, 1.807) is 42.5 Å². The number of fused-ring (bicyclic) bond motifs is 9. The molecule has 13 rings (SSSR count). The van der Waals surface area contributed by atoms with Crippen LogP contribution in [-0.4, -0.2) is 23.7 Å². The Kier molecular flexibility index (Phi) is 9.19. The molecule has 0 atom stereocenters. The van der Waals surface area contributed by atoms with E-state index in [0.29, 0.717) is 50.7 Å². The van der Waals surface area contributed by atoms with Gasteiger partial charge in [0.1, 0.15) is 0 Å². The van der Waals surface area contributed by atoms with Crippen LogP contribution in [0.5, 0.6) is 0 Å². The van der Waals surface area contributed by atoms with Crippen LogP contribution in [0.1, 0.15) is 22.3 Å². The van der Waals surface area contributed by atoms with E-state index in [0.717, 1.165) is 55.2 Å². The van der Waals surface area contributed by atoms with Gasteiger partial charge in [-0.25, -0.2) is 9.97 Å². The summed E-state index contributed by atoms with van der Waals surface area (Å²) in [5, 5.41) is 48.4. The van der Waals surface area contributed by atoms with Gasteiger partial charge in [-0.2, -0.15) is 21.0 Å². The maximum absolute atomic E-state index is 11.1. The minimum absolute atomic E-state index is 0.241. The first-order chi connectivity index (χ1) is 35.0. The van der Waals surface area contributed by atoms with Crippen LogP contribution in [0.4, 0.5) is 0 Å². The minimum atomic E-state index is 0.241. The Morgan fingerprint density at radius 2 is 0.718 bits per heavy atom. The predicted molar refractivity (Wildman–Crippen MR) is 280 cm³/mol. The van der Waals surface area contributed by atoms with Crippen LogP contribution >= 0.6 is 0 Å². The summed E-state index contributed by atoms with van der Waals surface area (Å²) >= 11 is 0. The van der Waals surface area contributed by atoms with E-state index in [4.69, 9.17) is 9.97 Å². The maximum Gasteiger partial charge on any atom is 0.160 e. The molecule has 0 aliphatic carbocycles. The Labute approximate surface area is 406 Å². The van der Waals surface area contributed by atoms with Crippen LogP contribution in [0.3, 0.4) is 0 Å². The second-order valence-corrected chi connectivity index (χ2v) is 17.5. The second kappa shape index (κ2) is 16.0. The van der Waals surface area contributed by atoms with Gasteiger partial charge in [0.15, 0.2) is 5.82 Å². The van der Waals surface area contributed by atoms with E-state index in [2.05, 4.69) is 171 Å². The van der Waals surface area contributed by atoms with Crippen molar-refractivity contribution in [2.45, 2.75) is 0 Å². The van der Waals surface area contributed by atoms with E-state index in [1.807, 2.05) is 24.3 Å². The maximum atomic E-state index is 11.1. The van der Waals surface area contributed by atoms with Crippen molar-refractivity contribution in [1.82, 2.24) is 23.7 Å². The lowest BCUT2D eigenvalue weighted by atomic mass is 9.96. The number of nitrogens with zero attached hydrogens (tertiary/aromatic N) is 9. The zero-order valence-corrected chi connectivity index (χ0v) is 37.6. The third-order valence-corrected chi connectivity index (χ3v) is 13.6. The molecule has 0 radical (unpaired) electrons. The lowest BCUT2D eigenvalue weighted by Gasteiger charge is -2.15. The monoisotopic (exact) mass is 903 g/mol. The zero-order valence-electron chi connectivity index (χ0n) is 37.6. The van der Waals surface area contributed by atoms with Gasteiger partial charge in [-0.1, -0.05) is 97.1 Å². The Bertz CT molecular complexity index is 4210. The molecule has 4 heterocycles. The van der Waals surface area contributed by atoms with Crippen molar-refractivity contribution < 1.29 is 0 Å². The molecule has 71 heavy (non-hydrogen) atoms. The van der Waals surface area contributed by atoms with Crippen molar-refractivity contribution in [3.05, 3.63) is 222 Å². The first kappa shape index (κ1) is 40.7. The minimum Gasteiger partial charge on any atom is -0.309 e. The largest absolute Gasteiger partial charge is 0.309 e. The Morgan fingerprint density at radius 3 is 1.18 bits per heavy atom. The van der Waals surface area contributed by atoms with Gasteiger partial charge in [-0.3, -0.25) is 0 Å². The number of nitriles is 4. The summed E-state index contributed by atoms with van der Waals surface area (Å²) in [4.78, 5) is 9.88. The van der Waals surface area contributed by atoms with Crippen molar-refractivity contribution in [2.75, 3.05) is 0 Å². The third kappa shape index (κ3) is 6.37. The molecule has 0 amide bonds. The molecule has 9 heteroatoms. The number of para-hydroxylation sites is 4. The predicted octanol–water partition coefficient (Wildman–Crippen LogP) is 14.3. The topological polar surface area (TPSA) is 136 Å². The molecule has 0 unspecified atom stereocenters. The summed E-state index contributed by atoms with van der Waals surface area (Å²) in [5.74, 6) is 0.300. The first-order valence-electron chi connectivity index (χ1n) is 23.0. The Morgan fingerprint density at radius 1 is 0.310 bits per heavy atom. The van der Waals surface area contributed by atoms with Crippen molar-refractivity contribution in [3.8, 4) is 75.2 Å². The number of rotatable bonds is 6. The molecule has 0 saturated carbocycles. The molecule has 13 aromatic rings. The summed E-state index contributed by atoms with van der Waals surface area (Å²) in [6, 6.07) is 75.7. The van der Waals surface area contributed by atoms with Crippen LogP contribution in [0, 0.1) is 45.3 Å². The SMILES string of the molecule is N#Cc1cccc(-c2cc(-c3c(C#N)cc(-n4c5ccc(-n6c7ccccc7c7ccccc76)cc5c5cc(-n6c7ccccc7c7ccccc76)ccc54)cc3C#N)nc(-c3cccc(C#N)c3)n2)c1. The van der Waals surface area contributed by atoms with Crippen molar-refractivity contribution in [3.63, 3.8) is 0 Å². The Balaban J connectivity index is 1.06. The molecule has 0 spiro atoms. The highest BCUT2D eigenvalue weighted by atomic mass is 15.0. The molecule has 0 bridgehead atoms. The fourth-order valence-corrected chi connectivity index (χ4v) is 10.5. The molecule has 4 aromatic heterocycles. The third-order valence-electron chi connectivity index (χ3n) is 13.6. The van der Waals surface area contributed by atoms with Crippen LogP contribution in [0.25, 0.3) is 116 Å². The van der Waals surface area contributed by atoms with Gasteiger partial charge >= 0.3 is 0 Å². The number of hydrogen-bond donors (Lipinski definition) is 0. The van der Waals surface area contributed by atoms with Crippen LogP contribution in [0.15, 0.2) is 200 Å². The van der Waals surface area contributed by atoms with Crippen molar-refractivity contribution in [1.29, 1.82) is 21.0 Å². The van der Waals surface area contributed by atoms with Gasteiger partial charge < -0.3 is 13.7 Å². The molecular formula is C62H33N9. The normalized spacial score (nSPS) is 11.3. The number of hydrogen-bond acceptors (Lipinski definition) is 6. The summed E-state index contributed by atoms with van der Waals surface area (Å²) in [5.41, 5.74) is 12.6.